The third-order valence-corrected chi connectivity index (χ3v) is 4.26. The zero-order valence-electron chi connectivity index (χ0n) is 8.75. The molecule has 0 aliphatic heterocycles. The Bertz CT molecular complexity index is 312. The Labute approximate surface area is 98.6 Å². The second-order valence-electron chi connectivity index (χ2n) is 3.75. The second-order valence-corrected chi connectivity index (χ2v) is 6.08. The van der Waals surface area contributed by atoms with Crippen molar-refractivity contribution >= 4 is 33.4 Å². The Morgan fingerprint density at radius 3 is 2.43 bits per heavy atom. The molecule has 0 radical (unpaired) electrons. The van der Waals surface area contributed by atoms with Crippen molar-refractivity contribution < 1.29 is 0 Å². The van der Waals surface area contributed by atoms with Crippen LogP contribution in [0.5, 0.6) is 0 Å². The van der Waals surface area contributed by atoms with Crippen LogP contribution < -0.4 is 5.73 Å². The maximum absolute atomic E-state index is 5.92. The summed E-state index contributed by atoms with van der Waals surface area (Å²) >= 11 is 5.24. The monoisotopic (exact) mass is 273 g/mol. The number of nitrogen functional groups attached to an aromatic ring is 1. The first-order chi connectivity index (χ1) is 6.50. The Morgan fingerprint density at radius 2 is 1.93 bits per heavy atom. The van der Waals surface area contributed by atoms with Gasteiger partial charge in [-0.25, -0.2) is 0 Å². The minimum absolute atomic E-state index is 0.596. The lowest BCUT2D eigenvalue weighted by molar-refractivity contribution is 0.642. The lowest BCUT2D eigenvalue weighted by Crippen LogP contribution is -2.05. The molecule has 1 unspecified atom stereocenters. The van der Waals surface area contributed by atoms with Gasteiger partial charge < -0.3 is 5.73 Å². The summed E-state index contributed by atoms with van der Waals surface area (Å²) in [4.78, 5) is 1.18. The van der Waals surface area contributed by atoms with Gasteiger partial charge in [0, 0.05) is 20.3 Å². The van der Waals surface area contributed by atoms with Crippen molar-refractivity contribution in [3.63, 3.8) is 0 Å². The van der Waals surface area contributed by atoms with Gasteiger partial charge >= 0.3 is 0 Å². The molecule has 1 aromatic carbocycles. The van der Waals surface area contributed by atoms with Gasteiger partial charge in [0.1, 0.15) is 0 Å². The third-order valence-electron chi connectivity index (χ3n) is 2.22. The predicted molar refractivity (Wildman–Crippen MR) is 68.7 cm³/mol. The summed E-state index contributed by atoms with van der Waals surface area (Å²) in [5.74, 6) is 0.669. The molecule has 0 amide bonds. The van der Waals surface area contributed by atoms with Gasteiger partial charge in [-0.05, 0) is 24.1 Å². The van der Waals surface area contributed by atoms with Gasteiger partial charge in [0.15, 0.2) is 0 Å². The second kappa shape index (κ2) is 5.08. The van der Waals surface area contributed by atoms with Crippen LogP contribution in [0.15, 0.2) is 27.6 Å². The molecule has 0 aliphatic rings. The highest BCUT2D eigenvalue weighted by molar-refractivity contribution is 9.10. The van der Waals surface area contributed by atoms with Crippen molar-refractivity contribution in [2.24, 2.45) is 5.92 Å². The normalized spacial score (nSPS) is 13.2. The van der Waals surface area contributed by atoms with Crippen LogP contribution in [0.4, 0.5) is 5.69 Å². The molecule has 14 heavy (non-hydrogen) atoms. The summed E-state index contributed by atoms with van der Waals surface area (Å²) in [5.41, 5.74) is 6.78. The number of rotatable bonds is 3. The van der Waals surface area contributed by atoms with Crippen LogP contribution in [0.3, 0.4) is 0 Å². The zero-order chi connectivity index (χ0) is 10.7. The van der Waals surface area contributed by atoms with Crippen LogP contribution >= 0.6 is 27.7 Å². The highest BCUT2D eigenvalue weighted by atomic mass is 79.9. The fourth-order valence-electron chi connectivity index (χ4n) is 0.963. The smallest absolute Gasteiger partial charge is 0.0463 e. The van der Waals surface area contributed by atoms with E-state index >= 15 is 0 Å². The van der Waals surface area contributed by atoms with Crippen LogP contribution in [-0.4, -0.2) is 5.25 Å². The Hall–Kier alpha value is -0.150. The minimum atomic E-state index is 0.596. The summed E-state index contributed by atoms with van der Waals surface area (Å²) in [6, 6.07) is 6.06. The number of thioether (sulfide) groups is 1. The van der Waals surface area contributed by atoms with E-state index in [-0.39, 0.29) is 0 Å². The number of anilines is 1. The number of nitrogens with two attached hydrogens (primary N) is 1. The highest BCUT2D eigenvalue weighted by Crippen LogP contribution is 2.33. The highest BCUT2D eigenvalue weighted by Gasteiger charge is 2.10. The molecule has 0 bridgehead atoms. The number of benzene rings is 1. The Balaban J connectivity index is 2.77. The number of hydrogen-bond acceptors (Lipinski definition) is 2. The van der Waals surface area contributed by atoms with Crippen LogP contribution in [0, 0.1) is 5.92 Å². The van der Waals surface area contributed by atoms with Gasteiger partial charge in [0.2, 0.25) is 0 Å². The van der Waals surface area contributed by atoms with Crippen molar-refractivity contribution in [2.75, 3.05) is 5.73 Å². The first kappa shape index (κ1) is 11.9. The summed E-state index contributed by atoms with van der Waals surface area (Å²) in [6.45, 7) is 6.69. The molecule has 0 spiro atoms. The van der Waals surface area contributed by atoms with Gasteiger partial charge in [0.05, 0.1) is 0 Å². The van der Waals surface area contributed by atoms with Crippen molar-refractivity contribution in [1.82, 2.24) is 0 Å². The molecule has 78 valence electrons. The van der Waals surface area contributed by atoms with Gasteiger partial charge in [-0.15, -0.1) is 11.8 Å². The van der Waals surface area contributed by atoms with E-state index in [1.165, 1.54) is 4.90 Å². The van der Waals surface area contributed by atoms with E-state index in [4.69, 9.17) is 5.73 Å². The molecule has 1 aromatic rings. The van der Waals surface area contributed by atoms with Crippen LogP contribution in [-0.2, 0) is 0 Å². The van der Waals surface area contributed by atoms with Crippen LogP contribution in [0.2, 0.25) is 0 Å². The maximum atomic E-state index is 5.92. The van der Waals surface area contributed by atoms with Crippen LogP contribution in [0.1, 0.15) is 20.8 Å². The Kier molecular flexibility index (Phi) is 4.32. The summed E-state index contributed by atoms with van der Waals surface area (Å²) in [5, 5.41) is 0.596. The fraction of sp³-hybridized carbons (Fsp3) is 0.455. The van der Waals surface area contributed by atoms with Gasteiger partial charge in [-0.3, -0.25) is 0 Å². The molecule has 2 N–H and O–H groups in total. The average Bonchev–Trinajstić information content (AvgIpc) is 2.09. The first-order valence-corrected chi connectivity index (χ1v) is 6.39. The van der Waals surface area contributed by atoms with Crippen molar-refractivity contribution in [1.29, 1.82) is 0 Å². The largest absolute Gasteiger partial charge is 0.398 e. The number of halogens is 1. The van der Waals surface area contributed by atoms with Gasteiger partial charge in [-0.1, -0.05) is 36.7 Å². The SMILES string of the molecule is CC(C)C(C)Sc1ccc(Br)cc1N. The molecule has 1 atom stereocenters. The zero-order valence-corrected chi connectivity index (χ0v) is 11.2. The molecule has 0 fully saturated rings. The molecule has 3 heteroatoms. The van der Waals surface area contributed by atoms with Crippen molar-refractivity contribution in [3.05, 3.63) is 22.7 Å². The molecule has 1 nitrogen and oxygen atoms in total. The van der Waals surface area contributed by atoms with Crippen LogP contribution in [0.25, 0.3) is 0 Å². The molecule has 0 heterocycles. The lowest BCUT2D eigenvalue weighted by Gasteiger charge is -2.16. The molecule has 0 saturated heterocycles. The van der Waals surface area contributed by atoms with Crippen molar-refractivity contribution in [3.8, 4) is 0 Å². The number of hydrogen-bond donors (Lipinski definition) is 1. The van der Waals surface area contributed by atoms with E-state index in [9.17, 15) is 0 Å². The van der Waals surface area contributed by atoms with E-state index in [0.717, 1.165) is 10.2 Å². The molecule has 0 aromatic heterocycles. The van der Waals surface area contributed by atoms with Gasteiger partial charge in [0.25, 0.3) is 0 Å². The average molecular weight is 274 g/mol. The van der Waals surface area contributed by atoms with E-state index < -0.39 is 0 Å². The Morgan fingerprint density at radius 1 is 1.29 bits per heavy atom. The molecule has 0 saturated carbocycles. The maximum Gasteiger partial charge on any atom is 0.0463 e. The van der Waals surface area contributed by atoms with E-state index in [1.54, 1.807) is 0 Å². The third kappa shape index (κ3) is 3.21. The molecule has 0 aliphatic carbocycles. The summed E-state index contributed by atoms with van der Waals surface area (Å²) < 4.78 is 1.04. The lowest BCUT2D eigenvalue weighted by atomic mass is 10.2. The molecular formula is C11H16BrNS. The topological polar surface area (TPSA) is 26.0 Å². The van der Waals surface area contributed by atoms with E-state index in [0.29, 0.717) is 11.2 Å². The molecule has 1 rings (SSSR count). The first-order valence-electron chi connectivity index (χ1n) is 4.72. The van der Waals surface area contributed by atoms with E-state index in [1.807, 2.05) is 23.9 Å². The summed E-state index contributed by atoms with van der Waals surface area (Å²) in [6.07, 6.45) is 0. The van der Waals surface area contributed by atoms with E-state index in [2.05, 4.69) is 42.8 Å². The standard InChI is InChI=1S/C11H16BrNS/c1-7(2)8(3)14-11-5-4-9(12)6-10(11)13/h4-8H,13H2,1-3H3. The summed E-state index contributed by atoms with van der Waals surface area (Å²) in [7, 11) is 0. The molecular weight excluding hydrogens is 258 g/mol. The predicted octanol–water partition coefficient (Wildman–Crippen LogP) is 4.17. The van der Waals surface area contributed by atoms with Crippen molar-refractivity contribution in [2.45, 2.75) is 30.9 Å². The minimum Gasteiger partial charge on any atom is -0.398 e. The van der Waals surface area contributed by atoms with Gasteiger partial charge in [-0.2, -0.15) is 0 Å². The quantitative estimate of drug-likeness (QED) is 0.661. The fourth-order valence-corrected chi connectivity index (χ4v) is 2.36.